The molecule has 2 aromatic heterocycles. The maximum atomic E-state index is 15.5. The first-order valence-corrected chi connectivity index (χ1v) is 23.1. The summed E-state index contributed by atoms with van der Waals surface area (Å²) in [6.07, 6.45) is 9.11. The second-order valence-electron chi connectivity index (χ2n) is 17.9. The molecule has 0 bridgehead atoms. The highest BCUT2D eigenvalue weighted by molar-refractivity contribution is 6.05. The third-order valence-electron chi connectivity index (χ3n) is 13.8. The Labute approximate surface area is 369 Å². The Bertz CT molecular complexity index is 2460. The number of anilines is 1. The summed E-state index contributed by atoms with van der Waals surface area (Å²) < 4.78 is 17.5. The van der Waals surface area contributed by atoms with Crippen molar-refractivity contribution in [2.24, 2.45) is 0 Å². The van der Waals surface area contributed by atoms with Crippen molar-refractivity contribution >= 4 is 29.2 Å². The van der Waals surface area contributed by atoms with Gasteiger partial charge in [-0.3, -0.25) is 24.6 Å². The number of rotatable bonds is 15. The lowest BCUT2D eigenvalue weighted by atomic mass is 9.87. The number of amides is 3. The Kier molecular flexibility index (Phi) is 13.0. The highest BCUT2D eigenvalue weighted by Gasteiger charge is 2.40. The highest BCUT2D eigenvalue weighted by Crippen LogP contribution is 2.37. The molecule has 3 saturated heterocycles. The Morgan fingerprint density at radius 3 is 2.32 bits per heavy atom. The standard InChI is InChI=1S/C50H59FN8O4/c1-34-47(37-13-7-5-8-14-37)48-52-43(32-46(59(48)54-34)57-25-23-56(24-26-57)27-28-60)38-15-10-12-35(29-38)11-6-3-2-4-9-20-55-21-18-36(19-22-55)40-30-39-33-58(50(63)41(39)31-42(40)51)44-16-17-45(61)53-49(44)62/h5,7-8,10,12-15,29-32,36,44,60H,2-4,6,9,11,16-28,33H2,1H3,(H,53,61,62). The maximum absolute atomic E-state index is 15.5. The van der Waals surface area contributed by atoms with Crippen LogP contribution < -0.4 is 10.2 Å². The van der Waals surface area contributed by atoms with E-state index in [0.29, 0.717) is 24.1 Å². The van der Waals surface area contributed by atoms with Crippen LogP contribution >= 0.6 is 0 Å². The van der Waals surface area contributed by atoms with E-state index < -0.39 is 11.9 Å². The van der Waals surface area contributed by atoms with Gasteiger partial charge in [-0.05, 0) is 105 Å². The third kappa shape index (κ3) is 9.28. The van der Waals surface area contributed by atoms with E-state index in [2.05, 4.69) is 81.5 Å². The van der Waals surface area contributed by atoms with Crippen molar-refractivity contribution in [2.45, 2.75) is 89.6 Å². The number of nitrogens with zero attached hydrogens (tertiary/aromatic N) is 7. The molecule has 4 aliphatic rings. The van der Waals surface area contributed by atoms with Gasteiger partial charge in [-0.2, -0.15) is 9.61 Å². The predicted molar refractivity (Wildman–Crippen MR) is 242 cm³/mol. The predicted octanol–water partition coefficient (Wildman–Crippen LogP) is 6.76. The molecule has 3 fully saturated rings. The van der Waals surface area contributed by atoms with Gasteiger partial charge in [-0.25, -0.2) is 9.37 Å². The van der Waals surface area contributed by atoms with E-state index in [9.17, 15) is 19.5 Å². The normalized spacial score (nSPS) is 19.0. The summed E-state index contributed by atoms with van der Waals surface area (Å²) in [4.78, 5) is 51.2. The van der Waals surface area contributed by atoms with Crippen molar-refractivity contribution < 1.29 is 23.9 Å². The summed E-state index contributed by atoms with van der Waals surface area (Å²) in [5.41, 5.74) is 9.15. The van der Waals surface area contributed by atoms with Crippen molar-refractivity contribution in [2.75, 3.05) is 63.9 Å². The van der Waals surface area contributed by atoms with E-state index in [1.165, 1.54) is 35.8 Å². The van der Waals surface area contributed by atoms with Gasteiger partial charge in [-0.1, -0.05) is 73.9 Å². The minimum Gasteiger partial charge on any atom is -0.395 e. The van der Waals surface area contributed by atoms with Crippen molar-refractivity contribution in [3.63, 3.8) is 0 Å². The van der Waals surface area contributed by atoms with Crippen LogP contribution in [0.5, 0.6) is 0 Å². The highest BCUT2D eigenvalue weighted by atomic mass is 19.1. The molecule has 6 heterocycles. The number of hydrogen-bond donors (Lipinski definition) is 2. The van der Waals surface area contributed by atoms with Gasteiger partial charge in [0.1, 0.15) is 17.7 Å². The lowest BCUT2D eigenvalue weighted by molar-refractivity contribution is -0.136. The maximum Gasteiger partial charge on any atom is 0.255 e. The number of hydrogen-bond acceptors (Lipinski definition) is 9. The van der Waals surface area contributed by atoms with Crippen molar-refractivity contribution in [3.8, 4) is 22.4 Å². The minimum atomic E-state index is -0.701. The molecule has 9 rings (SSSR count). The van der Waals surface area contributed by atoms with Crippen LogP contribution in [-0.2, 0) is 22.6 Å². The van der Waals surface area contributed by atoms with Crippen LogP contribution in [0.15, 0.2) is 72.8 Å². The molecule has 13 heteroatoms. The molecular formula is C50H59FN8O4. The number of fused-ring (bicyclic) bond motifs is 2. The van der Waals surface area contributed by atoms with Gasteiger partial charge in [0, 0.05) is 68.4 Å². The van der Waals surface area contributed by atoms with Gasteiger partial charge in [-0.15, -0.1) is 0 Å². The van der Waals surface area contributed by atoms with Gasteiger partial charge in [0.05, 0.1) is 18.0 Å². The number of halogens is 1. The number of carbonyl (C=O) groups is 3. The molecule has 0 spiro atoms. The topological polar surface area (TPSA) is 127 Å². The second kappa shape index (κ2) is 19.1. The summed E-state index contributed by atoms with van der Waals surface area (Å²) >= 11 is 0. The number of piperidine rings is 2. The number of aliphatic hydroxyl groups is 1. The average Bonchev–Trinajstić information content (AvgIpc) is 3.80. The van der Waals surface area contributed by atoms with Crippen LogP contribution in [0.1, 0.15) is 96.4 Å². The number of carbonyl (C=O) groups excluding carboxylic acids is 3. The molecule has 330 valence electrons. The zero-order valence-corrected chi connectivity index (χ0v) is 36.4. The largest absolute Gasteiger partial charge is 0.395 e. The Hall–Kier alpha value is -5.50. The number of β-amino-alcohol motifs (C(OH)–C–C–N with tert-alkyl or cyclic N) is 1. The molecule has 3 aromatic carbocycles. The van der Waals surface area contributed by atoms with Crippen molar-refractivity contribution in [1.82, 2.24) is 34.6 Å². The van der Waals surface area contributed by atoms with Gasteiger partial charge >= 0.3 is 0 Å². The van der Waals surface area contributed by atoms with Crippen LogP contribution in [-0.4, -0.2) is 117 Å². The molecule has 3 amide bonds. The first-order valence-electron chi connectivity index (χ1n) is 23.1. The van der Waals surface area contributed by atoms with E-state index in [4.69, 9.17) is 10.1 Å². The van der Waals surface area contributed by atoms with Gasteiger partial charge in [0.25, 0.3) is 5.91 Å². The fourth-order valence-electron chi connectivity index (χ4n) is 10.2. The third-order valence-corrected chi connectivity index (χ3v) is 13.8. The van der Waals surface area contributed by atoms with E-state index in [1.54, 1.807) is 0 Å². The van der Waals surface area contributed by atoms with Crippen LogP contribution in [0.25, 0.3) is 28.0 Å². The summed E-state index contributed by atoms with van der Waals surface area (Å²) in [6, 6.07) is 24.0. The van der Waals surface area contributed by atoms with Gasteiger partial charge in [0.15, 0.2) is 5.65 Å². The molecule has 5 aromatic rings. The molecule has 1 atom stereocenters. The monoisotopic (exact) mass is 854 g/mol. The molecular weight excluding hydrogens is 796 g/mol. The smallest absolute Gasteiger partial charge is 0.255 e. The SMILES string of the molecule is Cc1nn2c(N3CCN(CCO)CC3)cc(-c3cccc(CCCCCCCN4CCC(c5cc6c(cc5F)C(=O)N(C5CCC(=O)NC5=O)C6)CC4)c3)nc2c1-c1ccccc1. The molecule has 12 nitrogen and oxygen atoms in total. The molecule has 2 N–H and O–H groups in total. The van der Waals surface area contributed by atoms with E-state index in [1.807, 2.05) is 16.6 Å². The van der Waals surface area contributed by atoms with E-state index >= 15 is 4.39 Å². The van der Waals surface area contributed by atoms with Gasteiger partial charge in [0.2, 0.25) is 11.8 Å². The first kappa shape index (κ1) is 42.8. The number of imide groups is 1. The zero-order chi connectivity index (χ0) is 43.5. The van der Waals surface area contributed by atoms with E-state index in [-0.39, 0.29) is 43.1 Å². The molecule has 0 saturated carbocycles. The van der Waals surface area contributed by atoms with Crippen molar-refractivity contribution in [3.05, 3.63) is 107 Å². The van der Waals surface area contributed by atoms with Crippen LogP contribution in [0, 0.1) is 12.7 Å². The quantitative estimate of drug-likeness (QED) is 0.0869. The molecule has 63 heavy (non-hydrogen) atoms. The lowest BCUT2D eigenvalue weighted by Gasteiger charge is -2.35. The first-order chi connectivity index (χ1) is 30.7. The number of aromatic nitrogens is 3. The molecule has 0 radical (unpaired) electrons. The molecule has 0 aliphatic carbocycles. The summed E-state index contributed by atoms with van der Waals surface area (Å²) in [5.74, 6) is -0.302. The Morgan fingerprint density at radius 2 is 1.54 bits per heavy atom. The van der Waals surface area contributed by atoms with Crippen molar-refractivity contribution in [1.29, 1.82) is 0 Å². The summed E-state index contributed by atoms with van der Waals surface area (Å²) in [7, 11) is 0. The fraction of sp³-hybridized carbons (Fsp3) is 0.460. The lowest BCUT2D eigenvalue weighted by Crippen LogP contribution is -2.52. The van der Waals surface area contributed by atoms with Crippen LogP contribution in [0.4, 0.5) is 10.2 Å². The number of nitrogens with one attached hydrogen (secondary N) is 1. The number of aliphatic hydroxyl groups excluding tert-OH is 1. The Morgan fingerprint density at radius 1 is 0.794 bits per heavy atom. The summed E-state index contributed by atoms with van der Waals surface area (Å²) in [6.45, 7) is 9.61. The number of likely N-dealkylation sites (tertiary alicyclic amines) is 1. The number of unbranched alkanes of at least 4 members (excludes halogenated alkanes) is 4. The van der Waals surface area contributed by atoms with Gasteiger partial charge < -0.3 is 19.8 Å². The molecule has 4 aliphatic heterocycles. The summed E-state index contributed by atoms with van der Waals surface area (Å²) in [5, 5.41) is 16.9. The number of piperazine rings is 1. The number of benzene rings is 3. The zero-order valence-electron chi connectivity index (χ0n) is 36.4. The number of aryl methyl sites for hydroxylation is 2. The second-order valence-corrected chi connectivity index (χ2v) is 17.9. The minimum absolute atomic E-state index is 0.103. The fourth-order valence-corrected chi connectivity index (χ4v) is 10.2. The van der Waals surface area contributed by atoms with Crippen LogP contribution in [0.2, 0.25) is 0 Å². The average molecular weight is 855 g/mol. The van der Waals surface area contributed by atoms with Crippen LogP contribution in [0.3, 0.4) is 0 Å². The van der Waals surface area contributed by atoms with E-state index in [0.717, 1.165) is 123 Å². The Balaban J connectivity index is 0.757. The molecule has 1 unspecified atom stereocenters.